The van der Waals surface area contributed by atoms with Crippen LogP contribution in [0.5, 0.6) is 5.75 Å². The average molecular weight is 743 g/mol. The van der Waals surface area contributed by atoms with Crippen molar-refractivity contribution in [2.24, 2.45) is 0 Å². The van der Waals surface area contributed by atoms with Crippen molar-refractivity contribution in [3.63, 3.8) is 0 Å². The molecule has 51 heavy (non-hydrogen) atoms. The number of rotatable bonds is 7. The maximum atomic E-state index is 14.2. The quantitative estimate of drug-likeness (QED) is 0.133. The molecule has 4 amide bonds. The Balaban J connectivity index is 1.16. The fourth-order valence-corrected chi connectivity index (χ4v) is 8.00. The fraction of sp³-hybridized carbons (Fsp3) is 0.167. The van der Waals surface area contributed by atoms with E-state index in [9.17, 15) is 18.8 Å². The molecule has 5 aromatic carbocycles. The van der Waals surface area contributed by atoms with E-state index in [0.29, 0.717) is 21.5 Å². The molecule has 7 nitrogen and oxygen atoms in total. The highest BCUT2D eigenvalue weighted by atomic mass is 79.9. The highest BCUT2D eigenvalue weighted by Gasteiger charge is 2.40. The Kier molecular flexibility index (Phi) is 8.73. The summed E-state index contributed by atoms with van der Waals surface area (Å²) in [7, 11) is 0. The third kappa shape index (κ3) is 6.34. The van der Waals surface area contributed by atoms with E-state index in [1.807, 2.05) is 48.5 Å². The van der Waals surface area contributed by atoms with Crippen LogP contribution in [0.15, 0.2) is 125 Å². The van der Waals surface area contributed by atoms with Gasteiger partial charge in [-0.3, -0.25) is 14.9 Å². The lowest BCUT2D eigenvalue weighted by Gasteiger charge is -2.44. The number of nitrogens with one attached hydrogen (secondary N) is 1. The Morgan fingerprint density at radius 1 is 0.784 bits per heavy atom. The summed E-state index contributed by atoms with van der Waals surface area (Å²) in [5.74, 6) is -1.09. The SMILES string of the molecule is O=C1NC(=O)N(c2cc3c4c(c2)[C@H](c2ccccc2)CCN4CC[C@H]3c2ccccc2)C(=O)/C1=C/c1ccc(OCc2ccc(F)cc2)c(Br)c1. The summed E-state index contributed by atoms with van der Waals surface area (Å²) >= 11 is 3.53. The van der Waals surface area contributed by atoms with Crippen molar-refractivity contribution in [1.82, 2.24) is 5.32 Å². The Bertz CT molecular complexity index is 2120. The minimum atomic E-state index is -0.781. The van der Waals surface area contributed by atoms with Gasteiger partial charge in [-0.2, -0.15) is 0 Å². The molecule has 0 aromatic heterocycles. The zero-order chi connectivity index (χ0) is 35.1. The molecule has 254 valence electrons. The lowest BCUT2D eigenvalue weighted by atomic mass is 9.76. The van der Waals surface area contributed by atoms with Gasteiger partial charge in [-0.15, -0.1) is 0 Å². The van der Waals surface area contributed by atoms with Crippen LogP contribution in [-0.2, 0) is 16.2 Å². The molecule has 0 bridgehead atoms. The Morgan fingerprint density at radius 2 is 1.39 bits per heavy atom. The lowest BCUT2D eigenvalue weighted by Crippen LogP contribution is -2.54. The summed E-state index contributed by atoms with van der Waals surface area (Å²) in [4.78, 5) is 44.5. The molecule has 3 aliphatic rings. The number of halogens is 2. The molecular formula is C42H33BrFN3O4. The molecule has 5 aromatic rings. The van der Waals surface area contributed by atoms with Crippen molar-refractivity contribution >= 4 is 51.2 Å². The van der Waals surface area contributed by atoms with Gasteiger partial charge in [0.15, 0.2) is 0 Å². The Hall–Kier alpha value is -5.54. The molecule has 3 aliphatic heterocycles. The van der Waals surface area contributed by atoms with Gasteiger partial charge in [0.05, 0.1) is 10.2 Å². The molecule has 0 saturated carbocycles. The van der Waals surface area contributed by atoms with Gasteiger partial charge in [0.2, 0.25) is 0 Å². The van der Waals surface area contributed by atoms with Gasteiger partial charge in [-0.05, 0) is 105 Å². The normalized spacial score (nSPS) is 19.2. The smallest absolute Gasteiger partial charge is 0.335 e. The molecule has 9 heteroatoms. The third-order valence-corrected chi connectivity index (χ3v) is 10.6. The van der Waals surface area contributed by atoms with Gasteiger partial charge >= 0.3 is 6.03 Å². The van der Waals surface area contributed by atoms with Crippen molar-refractivity contribution < 1.29 is 23.5 Å². The zero-order valence-electron chi connectivity index (χ0n) is 27.5. The number of barbiturate groups is 1. The van der Waals surface area contributed by atoms with Crippen LogP contribution in [0.25, 0.3) is 6.08 Å². The van der Waals surface area contributed by atoms with Crippen molar-refractivity contribution in [2.75, 3.05) is 22.9 Å². The van der Waals surface area contributed by atoms with Crippen LogP contribution < -0.4 is 19.9 Å². The molecule has 0 unspecified atom stereocenters. The topological polar surface area (TPSA) is 79.0 Å². The molecule has 2 atom stereocenters. The number of carbonyl (C=O) groups is 3. The minimum Gasteiger partial charge on any atom is -0.488 e. The number of nitrogens with zero attached hydrogens (tertiary/aromatic N) is 2. The van der Waals surface area contributed by atoms with E-state index in [4.69, 9.17) is 4.74 Å². The summed E-state index contributed by atoms with van der Waals surface area (Å²) in [6.45, 7) is 2.06. The fourth-order valence-electron chi connectivity index (χ4n) is 7.49. The molecule has 0 spiro atoms. The summed E-state index contributed by atoms with van der Waals surface area (Å²) in [6, 6.07) is 35.1. The molecule has 0 radical (unpaired) electrons. The van der Waals surface area contributed by atoms with Gasteiger partial charge < -0.3 is 9.64 Å². The van der Waals surface area contributed by atoms with E-state index >= 15 is 0 Å². The lowest BCUT2D eigenvalue weighted by molar-refractivity contribution is -0.122. The van der Waals surface area contributed by atoms with Crippen molar-refractivity contribution in [3.8, 4) is 5.75 Å². The van der Waals surface area contributed by atoms with Crippen molar-refractivity contribution in [3.05, 3.63) is 165 Å². The molecule has 1 fully saturated rings. The second-order valence-electron chi connectivity index (χ2n) is 13.0. The first-order valence-electron chi connectivity index (χ1n) is 16.9. The monoisotopic (exact) mass is 741 g/mol. The number of amides is 4. The number of urea groups is 1. The van der Waals surface area contributed by atoms with Crippen LogP contribution in [0.2, 0.25) is 0 Å². The maximum absolute atomic E-state index is 14.2. The van der Waals surface area contributed by atoms with Crippen molar-refractivity contribution in [2.45, 2.75) is 31.3 Å². The largest absolute Gasteiger partial charge is 0.488 e. The average Bonchev–Trinajstić information content (AvgIpc) is 3.14. The molecular weight excluding hydrogens is 709 g/mol. The van der Waals surface area contributed by atoms with E-state index in [-0.39, 0.29) is 29.8 Å². The van der Waals surface area contributed by atoms with Crippen LogP contribution in [0.3, 0.4) is 0 Å². The molecule has 8 rings (SSSR count). The first kappa shape index (κ1) is 32.7. The van der Waals surface area contributed by atoms with E-state index in [2.05, 4.69) is 50.4 Å². The van der Waals surface area contributed by atoms with Gasteiger partial charge in [0, 0.05) is 30.6 Å². The number of anilines is 2. The third-order valence-electron chi connectivity index (χ3n) is 9.93. The van der Waals surface area contributed by atoms with Crippen molar-refractivity contribution in [1.29, 1.82) is 0 Å². The van der Waals surface area contributed by atoms with Crippen LogP contribution in [0, 0.1) is 5.82 Å². The van der Waals surface area contributed by atoms with E-state index in [1.165, 1.54) is 35.0 Å². The number of ether oxygens (including phenoxy) is 1. The number of carbonyl (C=O) groups excluding carboxylic acids is 3. The Morgan fingerprint density at radius 3 is 1.98 bits per heavy atom. The number of benzene rings is 5. The summed E-state index contributed by atoms with van der Waals surface area (Å²) < 4.78 is 19.8. The van der Waals surface area contributed by atoms with Gasteiger partial charge in [0.25, 0.3) is 11.8 Å². The molecule has 3 heterocycles. The van der Waals surface area contributed by atoms with E-state index in [1.54, 1.807) is 30.3 Å². The second kappa shape index (κ2) is 13.6. The van der Waals surface area contributed by atoms with Crippen LogP contribution in [-0.4, -0.2) is 30.9 Å². The Labute approximate surface area is 303 Å². The van der Waals surface area contributed by atoms with Gasteiger partial charge in [-0.25, -0.2) is 14.1 Å². The predicted octanol–water partition coefficient (Wildman–Crippen LogP) is 8.71. The predicted molar refractivity (Wildman–Crippen MR) is 198 cm³/mol. The number of hydrogen-bond donors (Lipinski definition) is 1. The molecule has 1 N–H and O–H groups in total. The zero-order valence-corrected chi connectivity index (χ0v) is 29.1. The van der Waals surface area contributed by atoms with Crippen LogP contribution >= 0.6 is 15.9 Å². The summed E-state index contributed by atoms with van der Waals surface area (Å²) in [5, 5.41) is 2.41. The highest BCUT2D eigenvalue weighted by Crippen LogP contribution is 2.50. The van der Waals surface area contributed by atoms with Crippen LogP contribution in [0.1, 0.15) is 58.1 Å². The van der Waals surface area contributed by atoms with E-state index in [0.717, 1.165) is 47.5 Å². The number of imide groups is 2. The van der Waals surface area contributed by atoms with Gasteiger partial charge in [0.1, 0.15) is 23.7 Å². The first-order chi connectivity index (χ1) is 24.8. The number of hydrogen-bond acceptors (Lipinski definition) is 5. The summed E-state index contributed by atoms with van der Waals surface area (Å²) in [5.41, 5.74) is 7.31. The molecule has 1 saturated heterocycles. The highest BCUT2D eigenvalue weighted by molar-refractivity contribution is 9.10. The maximum Gasteiger partial charge on any atom is 0.335 e. The van der Waals surface area contributed by atoms with Gasteiger partial charge in [-0.1, -0.05) is 78.9 Å². The standard InChI is InChI=1S/C42H33BrFN3O4/c43-37-22-27(13-16-38(37)51-25-26-11-14-30(44)15-12-26)21-36-40(48)45-42(50)47(41(36)49)31-23-34-32(28-7-3-1-4-8-28)17-19-46-20-18-33(35(24-31)39(34)46)29-9-5-2-6-10-29/h1-16,21-24,32-33H,17-20,25H2,(H,45,48,50)/b36-21+/t32-,33-/m0/s1. The summed E-state index contributed by atoms with van der Waals surface area (Å²) in [6.07, 6.45) is 3.28. The second-order valence-corrected chi connectivity index (χ2v) is 13.9. The molecule has 0 aliphatic carbocycles. The van der Waals surface area contributed by atoms with E-state index < -0.39 is 17.8 Å². The minimum absolute atomic E-state index is 0.0754. The van der Waals surface area contributed by atoms with Crippen LogP contribution in [0.4, 0.5) is 20.6 Å². The first-order valence-corrected chi connectivity index (χ1v) is 17.7.